The SMILES string of the molecule is C=CC(=O)NCC[Si](OC(C)=O)(OC(C)=O)OC(C)=O. The van der Waals surface area contributed by atoms with Crippen molar-refractivity contribution in [3.05, 3.63) is 12.7 Å². The largest absolute Gasteiger partial charge is 0.706 e. The molecule has 0 saturated carbocycles. The minimum absolute atomic E-state index is 0.00901. The van der Waals surface area contributed by atoms with E-state index in [0.29, 0.717) is 0 Å². The van der Waals surface area contributed by atoms with E-state index in [9.17, 15) is 19.2 Å². The van der Waals surface area contributed by atoms with Crippen LogP contribution in [0, 0.1) is 0 Å². The van der Waals surface area contributed by atoms with E-state index < -0.39 is 32.6 Å². The van der Waals surface area contributed by atoms with Crippen LogP contribution < -0.4 is 5.32 Å². The molecular weight excluding hydrogens is 286 g/mol. The molecule has 0 fully saturated rings. The fourth-order valence-corrected chi connectivity index (χ4v) is 3.46. The number of hydrogen-bond donors (Lipinski definition) is 1. The highest BCUT2D eigenvalue weighted by Gasteiger charge is 2.51. The zero-order valence-corrected chi connectivity index (χ0v) is 12.6. The van der Waals surface area contributed by atoms with Gasteiger partial charge in [-0.25, -0.2) is 0 Å². The molecule has 0 rings (SSSR count). The van der Waals surface area contributed by atoms with Crippen LogP contribution in [0.25, 0.3) is 0 Å². The predicted molar refractivity (Wildman–Crippen MR) is 69.1 cm³/mol. The quantitative estimate of drug-likeness (QED) is 0.517. The zero-order chi connectivity index (χ0) is 15.8. The summed E-state index contributed by atoms with van der Waals surface area (Å²) in [4.78, 5) is 44.3. The first-order chi connectivity index (χ1) is 9.20. The van der Waals surface area contributed by atoms with Crippen molar-refractivity contribution in [1.82, 2.24) is 5.32 Å². The number of carbonyl (C=O) groups excluding carboxylic acids is 4. The topological polar surface area (TPSA) is 108 Å². The molecule has 0 heterocycles. The molecule has 0 aliphatic carbocycles. The Morgan fingerprint density at radius 2 is 1.40 bits per heavy atom. The van der Waals surface area contributed by atoms with Crippen LogP contribution in [-0.4, -0.2) is 39.2 Å². The second kappa shape index (κ2) is 8.10. The Kier molecular flexibility index (Phi) is 7.22. The van der Waals surface area contributed by atoms with Crippen LogP contribution in [0.1, 0.15) is 20.8 Å². The minimum atomic E-state index is -3.86. The van der Waals surface area contributed by atoms with Crippen molar-refractivity contribution in [3.8, 4) is 0 Å². The van der Waals surface area contributed by atoms with Gasteiger partial charge in [0.25, 0.3) is 17.9 Å². The second-order valence-electron chi connectivity index (χ2n) is 3.71. The highest BCUT2D eigenvalue weighted by molar-refractivity contribution is 6.65. The first-order valence-electron chi connectivity index (χ1n) is 5.70. The monoisotopic (exact) mass is 303 g/mol. The van der Waals surface area contributed by atoms with E-state index in [1.807, 2.05) is 0 Å². The van der Waals surface area contributed by atoms with E-state index >= 15 is 0 Å². The molecular formula is C11H17NO7Si. The standard InChI is InChI=1S/C11H17NO7Si/c1-5-11(16)12-6-7-20(17-8(2)13,18-9(3)14)19-10(4)15/h5H,1,6-7H2,2-4H3,(H,12,16). The fraction of sp³-hybridized carbons (Fsp3) is 0.455. The highest BCUT2D eigenvalue weighted by Crippen LogP contribution is 2.16. The van der Waals surface area contributed by atoms with Crippen LogP contribution in [0.5, 0.6) is 0 Å². The first-order valence-corrected chi connectivity index (χ1v) is 7.63. The smallest absolute Gasteiger partial charge is 0.455 e. The Morgan fingerprint density at radius 1 is 1.00 bits per heavy atom. The van der Waals surface area contributed by atoms with Gasteiger partial charge in [-0.2, -0.15) is 0 Å². The molecule has 0 saturated heterocycles. The molecule has 0 aromatic heterocycles. The molecule has 0 unspecified atom stereocenters. The molecule has 9 heteroatoms. The van der Waals surface area contributed by atoms with Gasteiger partial charge in [0.1, 0.15) is 0 Å². The van der Waals surface area contributed by atoms with Gasteiger partial charge in [-0.15, -0.1) is 0 Å². The molecule has 0 spiro atoms. The summed E-state index contributed by atoms with van der Waals surface area (Å²) in [6, 6.07) is -0.120. The second-order valence-corrected chi connectivity index (χ2v) is 6.19. The zero-order valence-electron chi connectivity index (χ0n) is 11.6. The van der Waals surface area contributed by atoms with E-state index in [2.05, 4.69) is 11.9 Å². The van der Waals surface area contributed by atoms with Gasteiger partial charge in [0.2, 0.25) is 5.91 Å². The van der Waals surface area contributed by atoms with Crippen molar-refractivity contribution < 1.29 is 32.5 Å². The van der Waals surface area contributed by atoms with Crippen LogP contribution in [0.15, 0.2) is 12.7 Å². The van der Waals surface area contributed by atoms with Crippen LogP contribution >= 0.6 is 0 Å². The molecule has 8 nitrogen and oxygen atoms in total. The van der Waals surface area contributed by atoms with E-state index in [1.165, 1.54) is 0 Å². The lowest BCUT2D eigenvalue weighted by Gasteiger charge is -2.26. The van der Waals surface area contributed by atoms with Crippen molar-refractivity contribution in [2.75, 3.05) is 6.54 Å². The van der Waals surface area contributed by atoms with Crippen molar-refractivity contribution in [1.29, 1.82) is 0 Å². The number of hydrogen-bond acceptors (Lipinski definition) is 7. The molecule has 0 bridgehead atoms. The lowest BCUT2D eigenvalue weighted by Crippen LogP contribution is -2.51. The van der Waals surface area contributed by atoms with Crippen molar-refractivity contribution in [3.63, 3.8) is 0 Å². The summed E-state index contributed by atoms with van der Waals surface area (Å²) in [5.74, 6) is -2.72. The summed E-state index contributed by atoms with van der Waals surface area (Å²) in [6.45, 7) is 6.54. The molecule has 0 aliphatic heterocycles. The summed E-state index contributed by atoms with van der Waals surface area (Å²) < 4.78 is 14.7. The average Bonchev–Trinajstić information content (AvgIpc) is 2.25. The summed E-state index contributed by atoms with van der Waals surface area (Å²) in [5.41, 5.74) is 0. The number of carbonyl (C=O) groups is 4. The Morgan fingerprint density at radius 3 is 1.70 bits per heavy atom. The third-order valence-electron chi connectivity index (χ3n) is 1.81. The number of amides is 1. The maximum Gasteiger partial charge on any atom is 0.706 e. The molecule has 1 amide bonds. The van der Waals surface area contributed by atoms with Gasteiger partial charge >= 0.3 is 8.80 Å². The molecule has 0 radical (unpaired) electrons. The van der Waals surface area contributed by atoms with Gasteiger partial charge in [0.15, 0.2) is 0 Å². The van der Waals surface area contributed by atoms with Crippen molar-refractivity contribution >= 4 is 32.6 Å². The molecule has 0 aliphatic rings. The van der Waals surface area contributed by atoms with E-state index in [0.717, 1.165) is 26.8 Å². The van der Waals surface area contributed by atoms with Gasteiger partial charge < -0.3 is 18.6 Å². The molecule has 112 valence electrons. The molecule has 0 aromatic rings. The Labute approximate surface area is 117 Å². The van der Waals surface area contributed by atoms with Gasteiger partial charge in [0.05, 0.1) is 6.04 Å². The minimum Gasteiger partial charge on any atom is -0.455 e. The van der Waals surface area contributed by atoms with Gasteiger partial charge in [-0.05, 0) is 6.08 Å². The average molecular weight is 303 g/mol. The third kappa shape index (κ3) is 7.31. The van der Waals surface area contributed by atoms with Crippen LogP contribution in [0.4, 0.5) is 0 Å². The summed E-state index contributed by atoms with van der Waals surface area (Å²) in [5, 5.41) is 2.41. The van der Waals surface area contributed by atoms with Crippen LogP contribution in [0.2, 0.25) is 6.04 Å². The first kappa shape index (κ1) is 17.8. The van der Waals surface area contributed by atoms with Crippen molar-refractivity contribution in [2.24, 2.45) is 0 Å². The summed E-state index contributed by atoms with van der Waals surface area (Å²) >= 11 is 0. The van der Waals surface area contributed by atoms with Crippen molar-refractivity contribution in [2.45, 2.75) is 26.8 Å². The normalized spacial score (nSPS) is 10.2. The Balaban J connectivity index is 4.98. The lowest BCUT2D eigenvalue weighted by atomic mass is 10.6. The van der Waals surface area contributed by atoms with E-state index in [-0.39, 0.29) is 12.6 Å². The maximum atomic E-state index is 11.1. The molecule has 1 N–H and O–H groups in total. The third-order valence-corrected chi connectivity index (χ3v) is 4.47. The number of nitrogens with one attached hydrogen (secondary N) is 1. The van der Waals surface area contributed by atoms with Gasteiger partial charge in [-0.3, -0.25) is 19.2 Å². The van der Waals surface area contributed by atoms with Crippen LogP contribution in [-0.2, 0) is 32.5 Å². The van der Waals surface area contributed by atoms with Gasteiger partial charge in [-0.1, -0.05) is 6.58 Å². The number of rotatable bonds is 7. The van der Waals surface area contributed by atoms with Gasteiger partial charge in [0, 0.05) is 27.3 Å². The lowest BCUT2D eigenvalue weighted by molar-refractivity contribution is -0.147. The summed E-state index contributed by atoms with van der Waals surface area (Å²) in [7, 11) is -3.86. The summed E-state index contributed by atoms with van der Waals surface area (Å²) in [6.07, 6.45) is 1.05. The van der Waals surface area contributed by atoms with Crippen LogP contribution in [0.3, 0.4) is 0 Å². The Hall–Kier alpha value is -2.16. The highest BCUT2D eigenvalue weighted by atomic mass is 28.4. The fourth-order valence-electron chi connectivity index (χ4n) is 1.28. The predicted octanol–water partition coefficient (Wildman–Crippen LogP) is -0.0832. The molecule has 0 aromatic carbocycles. The molecule has 20 heavy (non-hydrogen) atoms. The van der Waals surface area contributed by atoms with E-state index in [4.69, 9.17) is 13.3 Å². The molecule has 0 atom stereocenters. The Bertz CT molecular complexity index is 380. The van der Waals surface area contributed by atoms with E-state index in [1.54, 1.807) is 0 Å². The maximum absolute atomic E-state index is 11.1.